The molecule has 0 radical (unpaired) electrons. The summed E-state index contributed by atoms with van der Waals surface area (Å²) in [6.45, 7) is 2.25. The quantitative estimate of drug-likeness (QED) is 0.0914. The van der Waals surface area contributed by atoms with E-state index in [1.807, 2.05) is 48.5 Å². The SMILES string of the molecule is CCCCCCCCc1ccc(-c2ccc([N+]([O-])=Nc3ccc(-c4ccc(C#N)cc4)cc3)cc2)cc1. The summed E-state index contributed by atoms with van der Waals surface area (Å²) in [5.74, 6) is 0. The number of aryl methyl sites for hydroxylation is 1. The molecule has 4 aromatic carbocycles. The van der Waals surface area contributed by atoms with E-state index in [0.29, 0.717) is 21.8 Å². The van der Waals surface area contributed by atoms with Crippen LogP contribution in [0.3, 0.4) is 0 Å². The van der Waals surface area contributed by atoms with E-state index in [0.717, 1.165) is 28.7 Å². The molecule has 0 heterocycles. The Morgan fingerprint density at radius 1 is 0.649 bits per heavy atom. The van der Waals surface area contributed by atoms with Crippen LogP contribution in [0.2, 0.25) is 0 Å². The van der Waals surface area contributed by atoms with Gasteiger partial charge in [-0.25, -0.2) is 0 Å². The maximum Gasteiger partial charge on any atom is 0.244 e. The first kappa shape index (κ1) is 25.9. The molecular formula is C33H33N3O. The minimum Gasteiger partial charge on any atom is -0.594 e. The fraction of sp³-hybridized carbons (Fsp3) is 0.242. The van der Waals surface area contributed by atoms with E-state index in [2.05, 4.69) is 42.4 Å². The molecule has 0 spiro atoms. The van der Waals surface area contributed by atoms with Gasteiger partial charge in [0.25, 0.3) is 0 Å². The van der Waals surface area contributed by atoms with Crippen LogP contribution < -0.4 is 0 Å². The van der Waals surface area contributed by atoms with Crippen LogP contribution in [-0.4, -0.2) is 4.86 Å². The van der Waals surface area contributed by atoms with Gasteiger partial charge in [-0.3, -0.25) is 0 Å². The lowest BCUT2D eigenvalue weighted by Gasteiger charge is -2.06. The first-order valence-corrected chi connectivity index (χ1v) is 13.1. The van der Waals surface area contributed by atoms with Gasteiger partial charge in [0.05, 0.1) is 11.6 Å². The van der Waals surface area contributed by atoms with Crippen LogP contribution in [0.15, 0.2) is 102 Å². The monoisotopic (exact) mass is 487 g/mol. The van der Waals surface area contributed by atoms with Crippen molar-refractivity contribution < 1.29 is 4.86 Å². The van der Waals surface area contributed by atoms with Crippen LogP contribution in [0.5, 0.6) is 0 Å². The van der Waals surface area contributed by atoms with Gasteiger partial charge in [0.1, 0.15) is 5.69 Å². The number of rotatable bonds is 11. The molecule has 0 amide bonds. The molecule has 0 atom stereocenters. The van der Waals surface area contributed by atoms with Gasteiger partial charge in [0, 0.05) is 17.2 Å². The average molecular weight is 488 g/mol. The van der Waals surface area contributed by atoms with E-state index < -0.39 is 0 Å². The lowest BCUT2D eigenvalue weighted by Crippen LogP contribution is -1.91. The molecule has 0 unspecified atom stereocenters. The van der Waals surface area contributed by atoms with Gasteiger partial charge in [-0.2, -0.15) is 5.26 Å². The third-order valence-corrected chi connectivity index (χ3v) is 6.62. The van der Waals surface area contributed by atoms with Crippen molar-refractivity contribution in [3.8, 4) is 28.3 Å². The molecule has 0 bridgehead atoms. The average Bonchev–Trinajstić information content (AvgIpc) is 2.96. The van der Waals surface area contributed by atoms with Gasteiger partial charge in [-0.05, 0) is 77.1 Å². The van der Waals surface area contributed by atoms with E-state index in [1.54, 1.807) is 24.3 Å². The van der Waals surface area contributed by atoms with E-state index in [9.17, 15) is 5.21 Å². The second-order valence-electron chi connectivity index (χ2n) is 9.37. The summed E-state index contributed by atoms with van der Waals surface area (Å²) in [6, 6.07) is 33.3. The van der Waals surface area contributed by atoms with Gasteiger partial charge in [-0.15, -0.1) is 0 Å². The predicted molar refractivity (Wildman–Crippen MR) is 151 cm³/mol. The number of azo groups is 1. The van der Waals surface area contributed by atoms with Crippen LogP contribution in [0.1, 0.15) is 56.6 Å². The fourth-order valence-corrected chi connectivity index (χ4v) is 4.38. The highest BCUT2D eigenvalue weighted by Gasteiger charge is 2.07. The molecule has 0 saturated heterocycles. The van der Waals surface area contributed by atoms with E-state index in [-0.39, 0.29) is 0 Å². The Labute approximate surface area is 220 Å². The van der Waals surface area contributed by atoms with Crippen molar-refractivity contribution in [3.63, 3.8) is 0 Å². The van der Waals surface area contributed by atoms with Crippen molar-refractivity contribution in [2.75, 3.05) is 0 Å². The molecule has 0 aromatic heterocycles. The zero-order valence-corrected chi connectivity index (χ0v) is 21.4. The molecule has 0 aliphatic heterocycles. The van der Waals surface area contributed by atoms with E-state index in [1.165, 1.54) is 44.1 Å². The van der Waals surface area contributed by atoms with Crippen molar-refractivity contribution in [3.05, 3.63) is 113 Å². The molecule has 4 nitrogen and oxygen atoms in total. The van der Waals surface area contributed by atoms with Gasteiger partial charge >= 0.3 is 0 Å². The summed E-state index contributed by atoms with van der Waals surface area (Å²) in [4.78, 5) is 0.657. The van der Waals surface area contributed by atoms with Gasteiger partial charge in [0.15, 0.2) is 0 Å². The first-order chi connectivity index (χ1) is 18.2. The maximum absolute atomic E-state index is 12.6. The van der Waals surface area contributed by atoms with Crippen molar-refractivity contribution in [2.45, 2.75) is 51.9 Å². The summed E-state index contributed by atoms with van der Waals surface area (Å²) in [5.41, 5.74) is 7.31. The highest BCUT2D eigenvalue weighted by atomic mass is 16.5. The van der Waals surface area contributed by atoms with E-state index >= 15 is 0 Å². The largest absolute Gasteiger partial charge is 0.594 e. The number of nitrogens with zero attached hydrogens (tertiary/aromatic N) is 3. The smallest absolute Gasteiger partial charge is 0.244 e. The summed E-state index contributed by atoms with van der Waals surface area (Å²) < 4.78 is 0. The normalized spacial score (nSPS) is 11.3. The van der Waals surface area contributed by atoms with Gasteiger partial charge in [0.2, 0.25) is 5.69 Å². The lowest BCUT2D eigenvalue weighted by atomic mass is 10.0. The van der Waals surface area contributed by atoms with Crippen LogP contribution in [-0.2, 0) is 6.42 Å². The topological polar surface area (TPSA) is 62.2 Å². The number of hydrogen-bond acceptors (Lipinski definition) is 3. The second-order valence-corrected chi connectivity index (χ2v) is 9.37. The molecule has 186 valence electrons. The Morgan fingerprint density at radius 2 is 1.14 bits per heavy atom. The van der Waals surface area contributed by atoms with Crippen molar-refractivity contribution in [1.29, 1.82) is 5.26 Å². The van der Waals surface area contributed by atoms with E-state index in [4.69, 9.17) is 5.26 Å². The summed E-state index contributed by atoms with van der Waals surface area (Å²) in [6.07, 6.45) is 9.02. The zero-order valence-electron chi connectivity index (χ0n) is 21.4. The third-order valence-electron chi connectivity index (χ3n) is 6.62. The molecule has 4 heteroatoms. The van der Waals surface area contributed by atoms with Crippen LogP contribution in [0.4, 0.5) is 11.4 Å². The molecule has 4 aromatic rings. The molecular weight excluding hydrogens is 454 g/mol. The molecule has 0 N–H and O–H groups in total. The molecule has 0 fully saturated rings. The summed E-state index contributed by atoms with van der Waals surface area (Å²) in [7, 11) is 0. The van der Waals surface area contributed by atoms with Gasteiger partial charge in [-0.1, -0.05) is 92.4 Å². The van der Waals surface area contributed by atoms with Crippen molar-refractivity contribution in [1.82, 2.24) is 0 Å². The minimum atomic E-state index is 0.486. The summed E-state index contributed by atoms with van der Waals surface area (Å²) >= 11 is 0. The van der Waals surface area contributed by atoms with Crippen molar-refractivity contribution >= 4 is 11.4 Å². The Bertz CT molecular complexity index is 1330. The molecule has 0 aliphatic rings. The maximum atomic E-state index is 12.6. The predicted octanol–water partition coefficient (Wildman–Crippen LogP) is 9.72. The van der Waals surface area contributed by atoms with Crippen molar-refractivity contribution in [2.24, 2.45) is 5.11 Å². The van der Waals surface area contributed by atoms with Crippen LogP contribution >= 0.6 is 0 Å². The molecule has 37 heavy (non-hydrogen) atoms. The van der Waals surface area contributed by atoms with Crippen LogP contribution in [0, 0.1) is 16.5 Å². The highest BCUT2D eigenvalue weighted by molar-refractivity contribution is 5.66. The number of hydrogen-bond donors (Lipinski definition) is 0. The minimum absolute atomic E-state index is 0.486. The fourth-order valence-electron chi connectivity index (χ4n) is 4.38. The van der Waals surface area contributed by atoms with Crippen LogP contribution in [0.25, 0.3) is 22.3 Å². The van der Waals surface area contributed by atoms with Gasteiger partial charge < -0.3 is 5.21 Å². The summed E-state index contributed by atoms with van der Waals surface area (Å²) in [5, 5.41) is 25.8. The Balaban J connectivity index is 1.35. The number of unbranched alkanes of at least 4 members (excludes halogenated alkanes) is 5. The lowest BCUT2D eigenvalue weighted by molar-refractivity contribution is -0.435. The molecule has 4 rings (SSSR count). The second kappa shape index (κ2) is 13.2. The standard InChI is InChI=1S/C33H33N3O/c1-2-3-4-5-6-7-8-26-9-13-28(14-10-26)31-19-23-33(24-20-31)36(37)35-32-21-17-30(18-22-32)29-15-11-27(25-34)12-16-29/h9-24H,2-8H2,1H3. The first-order valence-electron chi connectivity index (χ1n) is 13.1. The Hall–Kier alpha value is -4.23. The number of benzene rings is 4. The highest BCUT2D eigenvalue weighted by Crippen LogP contribution is 2.26. The Morgan fingerprint density at radius 3 is 1.70 bits per heavy atom. The Kier molecular flexibility index (Phi) is 9.21. The molecule has 0 aliphatic carbocycles. The number of nitriles is 1. The molecule has 0 saturated carbocycles. The zero-order chi connectivity index (χ0) is 25.9. The third kappa shape index (κ3) is 7.38.